The molecule has 0 aliphatic carbocycles. The van der Waals surface area contributed by atoms with Gasteiger partial charge < -0.3 is 15.5 Å². The van der Waals surface area contributed by atoms with Gasteiger partial charge in [0, 0.05) is 12.1 Å². The Morgan fingerprint density at radius 2 is 2.10 bits per heavy atom. The molecule has 0 bridgehead atoms. The van der Waals surface area contributed by atoms with Crippen LogP contribution in [0.1, 0.15) is 32.4 Å². The molecular weight excluding hydrogens is 256 g/mol. The van der Waals surface area contributed by atoms with Crippen molar-refractivity contribution < 1.29 is 19.5 Å². The van der Waals surface area contributed by atoms with E-state index < -0.39 is 11.6 Å². The molecule has 0 spiro atoms. The molecule has 1 aliphatic rings. The van der Waals surface area contributed by atoms with Gasteiger partial charge in [-0.05, 0) is 32.9 Å². The van der Waals surface area contributed by atoms with Crippen LogP contribution in [0.2, 0.25) is 0 Å². The van der Waals surface area contributed by atoms with Crippen molar-refractivity contribution in [2.75, 3.05) is 19.6 Å². The molecule has 0 saturated carbocycles. The first-order valence-corrected chi connectivity index (χ1v) is 6.90. The Labute approximate surface area is 119 Å². The smallest absolute Gasteiger partial charge is 0.508 e. The first-order chi connectivity index (χ1) is 9.29. The number of carbonyl (C=O) groups is 1. The first kappa shape index (κ1) is 14.8. The van der Waals surface area contributed by atoms with Gasteiger partial charge in [-0.25, -0.2) is 4.48 Å². The van der Waals surface area contributed by atoms with Crippen LogP contribution in [0.25, 0.3) is 0 Å². The molecule has 2 atom stereocenters. The third-order valence-electron chi connectivity index (χ3n) is 4.30. The SMILES string of the molecule is CC(C)(C)[N+]1(C(=O)O)CCNCC1c1cccc(O)c1. The number of phenolic OH excluding ortho intramolecular Hbond substituents is 1. The number of aromatic hydroxyl groups is 1. The van der Waals surface area contributed by atoms with Gasteiger partial charge in [-0.15, -0.1) is 0 Å². The van der Waals surface area contributed by atoms with Crippen molar-refractivity contribution in [2.45, 2.75) is 32.4 Å². The fourth-order valence-electron chi connectivity index (χ4n) is 3.23. The lowest BCUT2D eigenvalue weighted by atomic mass is 9.91. The maximum absolute atomic E-state index is 12.1. The van der Waals surface area contributed by atoms with Crippen LogP contribution < -0.4 is 5.32 Å². The summed E-state index contributed by atoms with van der Waals surface area (Å²) in [5.74, 6) is 0.172. The number of benzene rings is 1. The Balaban J connectivity index is 2.55. The largest absolute Gasteiger partial charge is 0.514 e. The summed E-state index contributed by atoms with van der Waals surface area (Å²) in [5, 5.41) is 22.9. The van der Waals surface area contributed by atoms with E-state index in [1.54, 1.807) is 18.2 Å². The van der Waals surface area contributed by atoms with E-state index in [9.17, 15) is 15.0 Å². The van der Waals surface area contributed by atoms with Gasteiger partial charge in [0.05, 0.1) is 6.54 Å². The van der Waals surface area contributed by atoms with Crippen molar-refractivity contribution in [3.8, 4) is 5.75 Å². The maximum Gasteiger partial charge on any atom is 0.514 e. The summed E-state index contributed by atoms with van der Waals surface area (Å²) in [5.41, 5.74) is 0.430. The van der Waals surface area contributed by atoms with Gasteiger partial charge in [-0.1, -0.05) is 12.1 Å². The van der Waals surface area contributed by atoms with E-state index in [1.165, 1.54) is 0 Å². The lowest BCUT2D eigenvalue weighted by molar-refractivity contribution is -0.934. The van der Waals surface area contributed by atoms with Crippen molar-refractivity contribution in [2.24, 2.45) is 0 Å². The number of rotatable bonds is 1. The van der Waals surface area contributed by atoms with E-state index in [1.807, 2.05) is 26.8 Å². The van der Waals surface area contributed by atoms with Gasteiger partial charge in [0.15, 0.2) is 0 Å². The highest BCUT2D eigenvalue weighted by Crippen LogP contribution is 2.39. The lowest BCUT2D eigenvalue weighted by Crippen LogP contribution is -2.70. The highest BCUT2D eigenvalue weighted by atomic mass is 16.4. The highest BCUT2D eigenvalue weighted by Gasteiger charge is 2.55. The maximum atomic E-state index is 12.1. The number of piperazine rings is 1. The standard InChI is InChI=1S/C15H22N2O3/c1-15(2,3)17(14(19)20)8-7-16-10-13(17)11-5-4-6-12(18)9-11/h4-6,9,13,16H,7-8,10H2,1-3H3,(H-,18,19,20)/p+1. The summed E-state index contributed by atoms with van der Waals surface area (Å²) in [4.78, 5) is 12.1. The summed E-state index contributed by atoms with van der Waals surface area (Å²) >= 11 is 0. The summed E-state index contributed by atoms with van der Waals surface area (Å²) in [6.45, 7) is 7.68. The number of hydrogen-bond acceptors (Lipinski definition) is 3. The van der Waals surface area contributed by atoms with Gasteiger partial charge in [0.25, 0.3) is 0 Å². The minimum atomic E-state index is -0.813. The third kappa shape index (κ3) is 2.27. The van der Waals surface area contributed by atoms with E-state index >= 15 is 0 Å². The number of nitrogens with one attached hydrogen (secondary N) is 1. The molecule has 2 unspecified atom stereocenters. The zero-order chi connectivity index (χ0) is 15.0. The topological polar surface area (TPSA) is 69.6 Å². The van der Waals surface area contributed by atoms with Crippen LogP contribution in [-0.4, -0.2) is 46.0 Å². The summed E-state index contributed by atoms with van der Waals surface area (Å²) in [6.07, 6.45) is -0.813. The Morgan fingerprint density at radius 1 is 1.40 bits per heavy atom. The molecular formula is C15H23N2O3+. The zero-order valence-corrected chi connectivity index (χ0v) is 12.3. The van der Waals surface area contributed by atoms with Gasteiger partial charge in [-0.3, -0.25) is 0 Å². The van der Waals surface area contributed by atoms with Crippen LogP contribution >= 0.6 is 0 Å². The molecule has 20 heavy (non-hydrogen) atoms. The van der Waals surface area contributed by atoms with Crippen molar-refractivity contribution in [1.82, 2.24) is 5.32 Å². The van der Waals surface area contributed by atoms with Crippen LogP contribution in [-0.2, 0) is 0 Å². The van der Waals surface area contributed by atoms with Crippen LogP contribution in [0.15, 0.2) is 24.3 Å². The number of quaternary nitrogens is 1. The quantitative estimate of drug-likeness (QED) is 0.690. The highest BCUT2D eigenvalue weighted by molar-refractivity contribution is 5.58. The normalized spacial score (nSPS) is 27.2. The third-order valence-corrected chi connectivity index (χ3v) is 4.30. The number of carboxylic acid groups (broad SMARTS) is 1. The molecule has 3 N–H and O–H groups in total. The summed E-state index contributed by atoms with van der Waals surface area (Å²) in [7, 11) is 0. The number of hydrogen-bond donors (Lipinski definition) is 3. The monoisotopic (exact) mass is 279 g/mol. The predicted molar refractivity (Wildman–Crippen MR) is 76.6 cm³/mol. The van der Waals surface area contributed by atoms with Crippen LogP contribution in [0, 0.1) is 0 Å². The second-order valence-corrected chi connectivity index (χ2v) is 6.36. The molecule has 1 aromatic carbocycles. The molecule has 2 rings (SSSR count). The molecule has 1 amide bonds. The van der Waals surface area contributed by atoms with Crippen LogP contribution in [0.5, 0.6) is 5.75 Å². The fraction of sp³-hybridized carbons (Fsp3) is 0.533. The van der Waals surface area contributed by atoms with Crippen molar-refractivity contribution in [3.63, 3.8) is 0 Å². The van der Waals surface area contributed by atoms with E-state index in [0.29, 0.717) is 19.6 Å². The fourth-order valence-corrected chi connectivity index (χ4v) is 3.23. The van der Waals surface area contributed by atoms with Crippen LogP contribution in [0.4, 0.5) is 4.79 Å². The molecule has 1 heterocycles. The minimum Gasteiger partial charge on any atom is -0.508 e. The van der Waals surface area contributed by atoms with E-state index in [2.05, 4.69) is 5.32 Å². The number of amides is 1. The number of phenols is 1. The van der Waals surface area contributed by atoms with E-state index in [0.717, 1.165) is 5.56 Å². The molecule has 5 heteroatoms. The summed E-state index contributed by atoms with van der Waals surface area (Å²) < 4.78 is -0.0244. The Bertz CT molecular complexity index is 510. The first-order valence-electron chi connectivity index (χ1n) is 6.90. The molecule has 0 aromatic heterocycles. The van der Waals surface area contributed by atoms with Crippen molar-refractivity contribution in [1.29, 1.82) is 0 Å². The molecule has 110 valence electrons. The average Bonchev–Trinajstić information content (AvgIpc) is 2.37. The van der Waals surface area contributed by atoms with E-state index in [4.69, 9.17) is 0 Å². The van der Waals surface area contributed by atoms with Gasteiger partial charge in [0.1, 0.15) is 23.9 Å². The van der Waals surface area contributed by atoms with Crippen molar-refractivity contribution in [3.05, 3.63) is 29.8 Å². The Hall–Kier alpha value is -1.59. The molecule has 5 nitrogen and oxygen atoms in total. The molecule has 1 fully saturated rings. The number of nitrogens with zero attached hydrogens (tertiary/aromatic N) is 1. The zero-order valence-electron chi connectivity index (χ0n) is 12.3. The molecule has 1 saturated heterocycles. The van der Waals surface area contributed by atoms with E-state index in [-0.39, 0.29) is 16.3 Å². The van der Waals surface area contributed by atoms with Gasteiger partial charge in [0.2, 0.25) is 0 Å². The Morgan fingerprint density at radius 3 is 2.65 bits per heavy atom. The summed E-state index contributed by atoms with van der Waals surface area (Å²) in [6, 6.07) is 6.71. The lowest BCUT2D eigenvalue weighted by Gasteiger charge is -2.51. The predicted octanol–water partition coefficient (Wildman–Crippen LogP) is 2.33. The van der Waals surface area contributed by atoms with Gasteiger partial charge >= 0.3 is 6.09 Å². The molecule has 1 aromatic rings. The van der Waals surface area contributed by atoms with Crippen LogP contribution in [0.3, 0.4) is 0 Å². The van der Waals surface area contributed by atoms with Crippen molar-refractivity contribution >= 4 is 6.09 Å². The second-order valence-electron chi connectivity index (χ2n) is 6.36. The second kappa shape index (κ2) is 5.07. The molecule has 1 aliphatic heterocycles. The minimum absolute atomic E-state index is 0.0244. The van der Waals surface area contributed by atoms with Gasteiger partial charge in [-0.2, -0.15) is 4.79 Å². The Kier molecular flexibility index (Phi) is 3.75. The molecule has 0 radical (unpaired) electrons. The average molecular weight is 279 g/mol.